The molecule has 0 bridgehead atoms. The second kappa shape index (κ2) is 10.5. The summed E-state index contributed by atoms with van der Waals surface area (Å²) in [6, 6.07) is 25.5. The molecule has 4 aromatic rings. The monoisotopic (exact) mass is 632 g/mol. The topological polar surface area (TPSA) is 84.0 Å². The Morgan fingerprint density at radius 3 is 2.26 bits per heavy atom. The number of methoxy groups -OCH3 is 1. The van der Waals surface area contributed by atoms with Crippen molar-refractivity contribution in [2.75, 3.05) is 12.0 Å². The van der Waals surface area contributed by atoms with Crippen molar-refractivity contribution in [3.8, 4) is 5.75 Å². The largest absolute Gasteiger partial charge is 0.496 e. The summed E-state index contributed by atoms with van der Waals surface area (Å²) in [5.41, 5.74) is 1.77. The number of Topliss-reactive ketones (excluding diaryl/α,β-unsaturated/α-hetero) is 2. The average molecular weight is 633 g/mol. The van der Waals surface area contributed by atoms with Crippen molar-refractivity contribution in [2.24, 2.45) is 11.8 Å². The molecule has 4 atom stereocenters. The molecule has 212 valence electrons. The number of fused-ring (bicyclic) bond motifs is 4. The number of ether oxygens (including phenoxy) is 1. The van der Waals surface area contributed by atoms with Crippen molar-refractivity contribution in [1.29, 1.82) is 0 Å². The van der Waals surface area contributed by atoms with E-state index in [0.717, 1.165) is 10.8 Å². The Morgan fingerprint density at radius 1 is 0.791 bits per heavy atom. The lowest BCUT2D eigenvalue weighted by atomic mass is 9.85. The van der Waals surface area contributed by atoms with E-state index in [1.165, 1.54) is 12.0 Å². The summed E-state index contributed by atoms with van der Waals surface area (Å²) in [5.74, 6) is -2.52. The number of hydrogen-bond donors (Lipinski definition) is 0. The van der Waals surface area contributed by atoms with Gasteiger partial charge in [0.2, 0.25) is 11.8 Å². The van der Waals surface area contributed by atoms with Crippen LogP contribution < -0.4 is 9.64 Å². The molecular weight excluding hydrogens is 608 g/mol. The van der Waals surface area contributed by atoms with Crippen LogP contribution in [0.4, 0.5) is 5.69 Å². The van der Waals surface area contributed by atoms with Crippen molar-refractivity contribution >= 4 is 55.8 Å². The number of rotatable bonds is 6. The number of carbonyl (C=O) groups is 4. The second-order valence-corrected chi connectivity index (χ2v) is 11.7. The van der Waals surface area contributed by atoms with E-state index in [1.54, 1.807) is 71.8 Å². The lowest BCUT2D eigenvalue weighted by Crippen LogP contribution is -2.46. The van der Waals surface area contributed by atoms with E-state index in [9.17, 15) is 19.2 Å². The first-order valence-corrected chi connectivity index (χ1v) is 14.7. The van der Waals surface area contributed by atoms with Crippen molar-refractivity contribution in [3.05, 3.63) is 131 Å². The highest BCUT2D eigenvalue weighted by Gasteiger charge is 2.63. The fourth-order valence-electron chi connectivity index (χ4n) is 6.51. The lowest BCUT2D eigenvalue weighted by molar-refractivity contribution is -0.123. The first-order chi connectivity index (χ1) is 20.9. The van der Waals surface area contributed by atoms with Gasteiger partial charge in [0.25, 0.3) is 0 Å². The van der Waals surface area contributed by atoms with E-state index in [0.29, 0.717) is 32.6 Å². The number of hydrogen-bond acceptors (Lipinski definition) is 6. The summed E-state index contributed by atoms with van der Waals surface area (Å²) in [6.45, 7) is 0. The summed E-state index contributed by atoms with van der Waals surface area (Å²) in [5, 5.41) is 1.88. The fraction of sp³-hybridized carbons (Fsp3) is 0.143. The van der Waals surface area contributed by atoms with Crippen molar-refractivity contribution in [3.63, 3.8) is 0 Å². The van der Waals surface area contributed by atoms with E-state index in [4.69, 9.17) is 4.74 Å². The standard InChI is InChI=1S/C35H25BrN2O5/c1-43-28-14-12-23(18-26(28)36)33(40)31-30-29(27-19-24(15-16-37(27)31)32(39)21-8-3-2-4-9-21)34(41)38(35(30)42)25-13-11-20-7-5-6-10-22(20)17-25/h2-19,27,29-31H,1H3/t27-,29+,30-,31+/m1/s1. The number of imide groups is 1. The van der Waals surface area contributed by atoms with Crippen LogP contribution in [0.5, 0.6) is 5.75 Å². The minimum Gasteiger partial charge on any atom is -0.496 e. The highest BCUT2D eigenvalue weighted by atomic mass is 79.9. The molecule has 7 rings (SSSR count). The van der Waals surface area contributed by atoms with Gasteiger partial charge in [-0.25, -0.2) is 4.90 Å². The third-order valence-electron chi connectivity index (χ3n) is 8.54. The number of allylic oxidation sites excluding steroid dienone is 2. The highest BCUT2D eigenvalue weighted by molar-refractivity contribution is 9.10. The Hall–Kier alpha value is -4.82. The van der Waals surface area contributed by atoms with Crippen molar-refractivity contribution < 1.29 is 23.9 Å². The van der Waals surface area contributed by atoms with Crippen LogP contribution in [0.2, 0.25) is 0 Å². The smallest absolute Gasteiger partial charge is 0.240 e. The van der Waals surface area contributed by atoms with Gasteiger partial charge in [-0.05, 0) is 63.1 Å². The minimum absolute atomic E-state index is 0.190. The Balaban J connectivity index is 1.32. The molecular formula is C35H25BrN2O5. The van der Waals surface area contributed by atoms with Gasteiger partial charge in [0.15, 0.2) is 11.6 Å². The quantitative estimate of drug-likeness (QED) is 0.192. The van der Waals surface area contributed by atoms with Gasteiger partial charge in [-0.2, -0.15) is 0 Å². The third-order valence-corrected chi connectivity index (χ3v) is 9.16. The molecule has 0 spiro atoms. The van der Waals surface area contributed by atoms with Crippen LogP contribution in [-0.4, -0.2) is 47.5 Å². The molecule has 4 aromatic carbocycles. The van der Waals surface area contributed by atoms with Gasteiger partial charge >= 0.3 is 0 Å². The summed E-state index contributed by atoms with van der Waals surface area (Å²) >= 11 is 3.46. The van der Waals surface area contributed by atoms with Gasteiger partial charge in [-0.3, -0.25) is 19.2 Å². The van der Waals surface area contributed by atoms with Gasteiger partial charge in [0, 0.05) is 22.9 Å². The Kier molecular flexibility index (Phi) is 6.58. The average Bonchev–Trinajstić information content (AvgIpc) is 3.51. The summed E-state index contributed by atoms with van der Waals surface area (Å²) in [7, 11) is 1.54. The van der Waals surface area contributed by atoms with E-state index < -0.39 is 29.8 Å². The number of carbonyl (C=O) groups excluding carboxylic acids is 4. The lowest BCUT2D eigenvalue weighted by Gasteiger charge is -2.33. The van der Waals surface area contributed by atoms with Crippen LogP contribution in [0.1, 0.15) is 20.7 Å². The van der Waals surface area contributed by atoms with Gasteiger partial charge in [-0.15, -0.1) is 0 Å². The second-order valence-electron chi connectivity index (χ2n) is 10.8. The maximum Gasteiger partial charge on any atom is 0.240 e. The fourth-order valence-corrected chi connectivity index (χ4v) is 7.06. The predicted octanol–water partition coefficient (Wildman–Crippen LogP) is 5.99. The van der Waals surface area contributed by atoms with Gasteiger partial charge in [-0.1, -0.05) is 66.7 Å². The molecule has 0 N–H and O–H groups in total. The van der Waals surface area contributed by atoms with E-state index >= 15 is 0 Å². The molecule has 0 aromatic heterocycles. The Labute approximate surface area is 256 Å². The minimum atomic E-state index is -0.946. The number of amides is 2. The molecule has 3 aliphatic heterocycles. The molecule has 0 radical (unpaired) electrons. The molecule has 2 amide bonds. The summed E-state index contributed by atoms with van der Waals surface area (Å²) in [4.78, 5) is 59.0. The van der Waals surface area contributed by atoms with E-state index in [1.807, 2.05) is 42.5 Å². The van der Waals surface area contributed by atoms with E-state index in [2.05, 4.69) is 15.9 Å². The molecule has 3 heterocycles. The predicted molar refractivity (Wildman–Crippen MR) is 166 cm³/mol. The normalized spacial score (nSPS) is 22.4. The van der Waals surface area contributed by atoms with Crippen LogP contribution in [0.15, 0.2) is 119 Å². The molecule has 8 heteroatoms. The van der Waals surface area contributed by atoms with E-state index in [-0.39, 0.29) is 17.5 Å². The van der Waals surface area contributed by atoms with Crippen molar-refractivity contribution in [1.82, 2.24) is 4.90 Å². The van der Waals surface area contributed by atoms with Gasteiger partial charge < -0.3 is 9.64 Å². The molecule has 0 aliphatic carbocycles. The molecule has 2 fully saturated rings. The van der Waals surface area contributed by atoms with Crippen LogP contribution in [0.3, 0.4) is 0 Å². The first-order valence-electron chi connectivity index (χ1n) is 13.9. The zero-order chi connectivity index (χ0) is 29.8. The first kappa shape index (κ1) is 27.0. The molecule has 43 heavy (non-hydrogen) atoms. The number of nitrogens with zero attached hydrogens (tertiary/aromatic N) is 2. The highest BCUT2D eigenvalue weighted by Crippen LogP contribution is 2.47. The SMILES string of the molecule is COc1ccc(C(=O)[C@@H]2[C@@H]3C(=O)N(c4ccc5ccccc5c4)C(=O)[C@H]3[C@H]3C=C(C(=O)c4ccccc4)C=CN32)cc1Br. The zero-order valence-corrected chi connectivity index (χ0v) is 24.6. The Bertz CT molecular complexity index is 1900. The number of anilines is 1. The number of ketones is 2. The molecule has 7 nitrogen and oxygen atoms in total. The number of benzene rings is 4. The van der Waals surface area contributed by atoms with Crippen molar-refractivity contribution in [2.45, 2.75) is 12.1 Å². The van der Waals surface area contributed by atoms with Gasteiger partial charge in [0.1, 0.15) is 11.8 Å². The van der Waals surface area contributed by atoms with Crippen LogP contribution in [0.25, 0.3) is 10.8 Å². The molecule has 0 saturated carbocycles. The molecule has 0 unspecified atom stereocenters. The summed E-state index contributed by atoms with van der Waals surface area (Å²) < 4.78 is 5.93. The molecule has 3 aliphatic rings. The zero-order valence-electron chi connectivity index (χ0n) is 23.0. The third kappa shape index (κ3) is 4.32. The van der Waals surface area contributed by atoms with Crippen LogP contribution in [-0.2, 0) is 9.59 Å². The van der Waals surface area contributed by atoms with Gasteiger partial charge in [0.05, 0.1) is 35.1 Å². The van der Waals surface area contributed by atoms with Crippen LogP contribution in [0, 0.1) is 11.8 Å². The molecule has 2 saturated heterocycles. The summed E-state index contributed by atoms with van der Waals surface area (Å²) in [6.07, 6.45) is 5.08. The van der Waals surface area contributed by atoms with Crippen LogP contribution >= 0.6 is 15.9 Å². The maximum absolute atomic E-state index is 14.2. The number of halogens is 1. The Morgan fingerprint density at radius 2 is 1.51 bits per heavy atom. The maximum atomic E-state index is 14.2.